The van der Waals surface area contributed by atoms with E-state index in [0.29, 0.717) is 0 Å². The molecule has 1 aliphatic carbocycles. The molecule has 3 aromatic rings. The van der Waals surface area contributed by atoms with E-state index in [0.717, 1.165) is 39.3 Å². The average molecular weight is 264 g/mol. The predicted molar refractivity (Wildman–Crippen MR) is 81.7 cm³/mol. The Kier molecular flexibility index (Phi) is 2.06. The molecular formula is C18H16O2. The van der Waals surface area contributed by atoms with Crippen LogP contribution in [-0.4, -0.2) is 0 Å². The molecule has 1 aliphatic rings. The molecule has 0 aliphatic heterocycles. The van der Waals surface area contributed by atoms with Crippen molar-refractivity contribution in [2.24, 2.45) is 0 Å². The highest BCUT2D eigenvalue weighted by Crippen LogP contribution is 2.40. The maximum Gasteiger partial charge on any atom is 0.344 e. The third-order valence-electron chi connectivity index (χ3n) is 4.83. The Morgan fingerprint density at radius 3 is 2.15 bits per heavy atom. The average Bonchev–Trinajstić information content (AvgIpc) is 2.74. The van der Waals surface area contributed by atoms with Crippen molar-refractivity contribution in [3.8, 4) is 0 Å². The van der Waals surface area contributed by atoms with Gasteiger partial charge < -0.3 is 4.42 Å². The van der Waals surface area contributed by atoms with Crippen LogP contribution in [0, 0.1) is 27.7 Å². The van der Waals surface area contributed by atoms with Crippen LogP contribution < -0.4 is 5.63 Å². The Labute approximate surface area is 117 Å². The lowest BCUT2D eigenvalue weighted by atomic mass is 9.97. The van der Waals surface area contributed by atoms with Crippen LogP contribution in [0.15, 0.2) is 21.3 Å². The summed E-state index contributed by atoms with van der Waals surface area (Å²) in [6.45, 7) is 8.18. The van der Waals surface area contributed by atoms with E-state index in [-0.39, 0.29) is 5.63 Å². The largest absolute Gasteiger partial charge is 0.422 e. The van der Waals surface area contributed by atoms with Gasteiger partial charge in [-0.1, -0.05) is 12.1 Å². The summed E-state index contributed by atoms with van der Waals surface area (Å²) >= 11 is 0. The molecule has 0 unspecified atom stereocenters. The van der Waals surface area contributed by atoms with E-state index in [1.807, 2.05) is 13.8 Å². The fourth-order valence-corrected chi connectivity index (χ4v) is 3.51. The molecular weight excluding hydrogens is 248 g/mol. The molecule has 0 radical (unpaired) electrons. The maximum atomic E-state index is 12.4. The third-order valence-corrected chi connectivity index (χ3v) is 4.83. The van der Waals surface area contributed by atoms with Crippen LogP contribution in [0.5, 0.6) is 0 Å². The number of hydrogen-bond acceptors (Lipinski definition) is 2. The predicted octanol–water partition coefficient (Wildman–Crippen LogP) is 4.08. The first-order valence-electron chi connectivity index (χ1n) is 6.97. The first kappa shape index (κ1) is 11.7. The van der Waals surface area contributed by atoms with Gasteiger partial charge in [0, 0.05) is 10.8 Å². The summed E-state index contributed by atoms with van der Waals surface area (Å²) in [5.41, 5.74) is 7.62. The molecule has 0 N–H and O–H groups in total. The zero-order valence-electron chi connectivity index (χ0n) is 12.2. The van der Waals surface area contributed by atoms with Crippen LogP contribution in [0.2, 0.25) is 0 Å². The first-order chi connectivity index (χ1) is 9.49. The summed E-state index contributed by atoms with van der Waals surface area (Å²) in [5.74, 6) is 0. The van der Waals surface area contributed by atoms with Crippen molar-refractivity contribution in [1.82, 2.24) is 0 Å². The normalized spacial score (nSPS) is 13.0. The summed E-state index contributed by atoms with van der Waals surface area (Å²) in [4.78, 5) is 12.4. The minimum atomic E-state index is -0.198. The van der Waals surface area contributed by atoms with E-state index in [2.05, 4.69) is 26.0 Å². The molecule has 2 nitrogen and oxygen atoms in total. The molecule has 20 heavy (non-hydrogen) atoms. The first-order valence-corrected chi connectivity index (χ1v) is 6.97. The molecule has 1 aromatic heterocycles. The van der Waals surface area contributed by atoms with Crippen molar-refractivity contribution < 1.29 is 4.42 Å². The lowest BCUT2D eigenvalue weighted by Crippen LogP contribution is -2.04. The fourth-order valence-electron chi connectivity index (χ4n) is 3.51. The second-order valence-electron chi connectivity index (χ2n) is 5.98. The van der Waals surface area contributed by atoms with E-state index < -0.39 is 0 Å². The highest BCUT2D eigenvalue weighted by atomic mass is 16.4. The Bertz CT molecular complexity index is 975. The monoisotopic (exact) mass is 264 g/mol. The van der Waals surface area contributed by atoms with Gasteiger partial charge in [0.05, 0.1) is 5.39 Å². The molecule has 0 bridgehead atoms. The minimum absolute atomic E-state index is 0.198. The molecule has 0 saturated heterocycles. The van der Waals surface area contributed by atoms with Gasteiger partial charge in [0.25, 0.3) is 0 Å². The van der Waals surface area contributed by atoms with E-state index in [1.54, 1.807) is 0 Å². The molecule has 0 fully saturated rings. The standard InChI is InChI=1S/C18H16O2/c1-8-5-12-7-13-6-9(2)11(4)17-16(13)15(12)14(10(8)3)18(19)20-17/h5-6H,7H2,1-4H3. The van der Waals surface area contributed by atoms with Gasteiger partial charge in [-0.05, 0) is 67.5 Å². The van der Waals surface area contributed by atoms with Gasteiger partial charge in [-0.3, -0.25) is 0 Å². The van der Waals surface area contributed by atoms with Gasteiger partial charge in [0.1, 0.15) is 5.58 Å². The van der Waals surface area contributed by atoms with Gasteiger partial charge in [0.2, 0.25) is 0 Å². The summed E-state index contributed by atoms with van der Waals surface area (Å²) in [6, 6.07) is 4.46. The van der Waals surface area contributed by atoms with Crippen molar-refractivity contribution >= 4 is 21.7 Å². The summed E-state index contributed by atoms with van der Waals surface area (Å²) < 4.78 is 5.68. The Morgan fingerprint density at radius 2 is 1.45 bits per heavy atom. The van der Waals surface area contributed by atoms with Crippen molar-refractivity contribution in [1.29, 1.82) is 0 Å². The van der Waals surface area contributed by atoms with Crippen molar-refractivity contribution in [2.75, 3.05) is 0 Å². The lowest BCUT2D eigenvalue weighted by Gasteiger charge is -2.09. The number of rotatable bonds is 0. The SMILES string of the molecule is Cc1cc2c3c(oc(=O)c4c(C)c(C)cc(c43)C2)c1C. The molecule has 2 heteroatoms. The second-order valence-corrected chi connectivity index (χ2v) is 5.98. The number of hydrogen-bond donors (Lipinski definition) is 0. The van der Waals surface area contributed by atoms with Gasteiger partial charge in [-0.25, -0.2) is 4.79 Å². The maximum absolute atomic E-state index is 12.4. The van der Waals surface area contributed by atoms with Gasteiger partial charge in [0.15, 0.2) is 0 Å². The minimum Gasteiger partial charge on any atom is -0.422 e. The third kappa shape index (κ3) is 1.22. The fraction of sp³-hybridized carbons (Fsp3) is 0.278. The Morgan fingerprint density at radius 1 is 0.850 bits per heavy atom. The smallest absolute Gasteiger partial charge is 0.344 e. The summed E-state index contributed by atoms with van der Waals surface area (Å²) in [5, 5.41) is 3.05. The van der Waals surface area contributed by atoms with E-state index in [9.17, 15) is 4.79 Å². The number of benzene rings is 2. The quantitative estimate of drug-likeness (QED) is 0.354. The van der Waals surface area contributed by atoms with Gasteiger partial charge in [-0.15, -0.1) is 0 Å². The van der Waals surface area contributed by atoms with Crippen LogP contribution in [-0.2, 0) is 6.42 Å². The van der Waals surface area contributed by atoms with Crippen LogP contribution in [0.3, 0.4) is 0 Å². The molecule has 2 aromatic carbocycles. The highest BCUT2D eigenvalue weighted by molar-refractivity contribution is 6.12. The van der Waals surface area contributed by atoms with Crippen LogP contribution in [0.4, 0.5) is 0 Å². The molecule has 4 rings (SSSR count). The topological polar surface area (TPSA) is 30.2 Å². The molecule has 0 atom stereocenters. The van der Waals surface area contributed by atoms with Crippen molar-refractivity contribution in [2.45, 2.75) is 34.1 Å². The Hall–Kier alpha value is -2.09. The molecule has 100 valence electrons. The van der Waals surface area contributed by atoms with Crippen LogP contribution >= 0.6 is 0 Å². The van der Waals surface area contributed by atoms with E-state index in [1.165, 1.54) is 22.3 Å². The highest BCUT2D eigenvalue weighted by Gasteiger charge is 2.24. The zero-order chi connectivity index (χ0) is 14.2. The molecule has 0 amide bonds. The molecule has 1 heterocycles. The van der Waals surface area contributed by atoms with E-state index >= 15 is 0 Å². The molecule has 0 spiro atoms. The van der Waals surface area contributed by atoms with Crippen molar-refractivity contribution in [3.63, 3.8) is 0 Å². The van der Waals surface area contributed by atoms with Crippen LogP contribution in [0.25, 0.3) is 21.7 Å². The van der Waals surface area contributed by atoms with E-state index in [4.69, 9.17) is 4.42 Å². The Balaban J connectivity index is 2.42. The van der Waals surface area contributed by atoms with Crippen LogP contribution in [0.1, 0.15) is 33.4 Å². The summed E-state index contributed by atoms with van der Waals surface area (Å²) in [7, 11) is 0. The summed E-state index contributed by atoms with van der Waals surface area (Å²) in [6.07, 6.45) is 0.906. The second kappa shape index (κ2) is 3.51. The number of aryl methyl sites for hydroxylation is 4. The van der Waals surface area contributed by atoms with Gasteiger partial charge >= 0.3 is 5.63 Å². The zero-order valence-corrected chi connectivity index (χ0v) is 12.2. The molecule has 0 saturated carbocycles. The van der Waals surface area contributed by atoms with Gasteiger partial charge in [-0.2, -0.15) is 0 Å². The lowest BCUT2D eigenvalue weighted by molar-refractivity contribution is 0.566. The van der Waals surface area contributed by atoms with Crippen molar-refractivity contribution in [3.05, 3.63) is 55.9 Å².